The van der Waals surface area contributed by atoms with Gasteiger partial charge in [-0.2, -0.15) is 0 Å². The maximum atomic E-state index is 10.5. The molecule has 0 spiro atoms. The molecular formula is C6H11NO2. The molecule has 0 saturated carbocycles. The van der Waals surface area contributed by atoms with Crippen LogP contribution in [0.2, 0.25) is 0 Å². The first-order valence-corrected chi connectivity index (χ1v) is 2.61. The Hall–Kier alpha value is -0.990. The Labute approximate surface area is 54.5 Å². The van der Waals surface area contributed by atoms with E-state index in [9.17, 15) is 4.79 Å². The minimum atomic E-state index is -0.463. The monoisotopic (exact) mass is 129 g/mol. The molecule has 0 rings (SSSR count). The number of rotatable bonds is 1. The molecule has 0 aromatic rings. The first-order chi connectivity index (χ1) is 4.09. The fraction of sp³-hybridized carbons (Fsp3) is 0.500. The van der Waals surface area contributed by atoms with E-state index in [2.05, 4.69) is 4.74 Å². The van der Waals surface area contributed by atoms with Crippen LogP contribution in [0.5, 0.6) is 0 Å². The zero-order chi connectivity index (χ0) is 7.44. The van der Waals surface area contributed by atoms with Gasteiger partial charge in [0.2, 0.25) is 0 Å². The second-order valence-corrected chi connectivity index (χ2v) is 1.91. The number of nitrogens with two attached hydrogens (primary N) is 1. The number of allylic oxidation sites excluding steroid dienone is 1. The zero-order valence-corrected chi connectivity index (χ0v) is 5.89. The van der Waals surface area contributed by atoms with Crippen LogP contribution in [-0.4, -0.2) is 13.1 Å². The Kier molecular flexibility index (Phi) is 2.78. The van der Waals surface area contributed by atoms with E-state index in [1.807, 2.05) is 0 Å². The first-order valence-electron chi connectivity index (χ1n) is 2.61. The van der Waals surface area contributed by atoms with Gasteiger partial charge in [-0.3, -0.25) is 0 Å². The van der Waals surface area contributed by atoms with E-state index in [0.29, 0.717) is 0 Å². The van der Waals surface area contributed by atoms with Gasteiger partial charge in [0.25, 0.3) is 0 Å². The van der Waals surface area contributed by atoms with Crippen molar-refractivity contribution in [2.24, 2.45) is 5.73 Å². The van der Waals surface area contributed by atoms with Crippen LogP contribution in [0.3, 0.4) is 0 Å². The van der Waals surface area contributed by atoms with Crippen LogP contribution in [-0.2, 0) is 9.53 Å². The van der Waals surface area contributed by atoms with E-state index in [1.165, 1.54) is 7.11 Å². The lowest BCUT2D eigenvalue weighted by Gasteiger charge is -1.98. The molecule has 0 amide bonds. The van der Waals surface area contributed by atoms with Crippen LogP contribution in [0.25, 0.3) is 0 Å². The number of carbonyl (C=O) groups is 1. The van der Waals surface area contributed by atoms with Crippen molar-refractivity contribution in [2.45, 2.75) is 13.8 Å². The van der Waals surface area contributed by atoms with E-state index in [0.717, 1.165) is 5.57 Å². The molecular weight excluding hydrogens is 118 g/mol. The maximum absolute atomic E-state index is 10.5. The highest BCUT2D eigenvalue weighted by Crippen LogP contribution is 1.96. The fourth-order valence-corrected chi connectivity index (χ4v) is 0.314. The molecule has 0 aliphatic carbocycles. The number of methoxy groups -OCH3 is 1. The summed E-state index contributed by atoms with van der Waals surface area (Å²) < 4.78 is 4.35. The van der Waals surface area contributed by atoms with Crippen molar-refractivity contribution in [3.05, 3.63) is 11.3 Å². The largest absolute Gasteiger partial charge is 0.464 e. The maximum Gasteiger partial charge on any atom is 0.353 e. The highest BCUT2D eigenvalue weighted by molar-refractivity contribution is 5.87. The molecule has 3 heteroatoms. The second-order valence-electron chi connectivity index (χ2n) is 1.91. The third kappa shape index (κ3) is 2.17. The van der Waals surface area contributed by atoms with Crippen molar-refractivity contribution in [3.8, 4) is 0 Å². The predicted octanol–water partition coefficient (Wildman–Crippen LogP) is 0.412. The third-order valence-corrected chi connectivity index (χ3v) is 0.944. The Bertz CT molecular complexity index is 145. The van der Waals surface area contributed by atoms with Crippen LogP contribution >= 0.6 is 0 Å². The SMILES string of the molecule is COC(=O)C(N)=C(C)C. The summed E-state index contributed by atoms with van der Waals surface area (Å²) in [7, 11) is 1.30. The molecule has 0 atom stereocenters. The lowest BCUT2D eigenvalue weighted by Crippen LogP contribution is -2.13. The van der Waals surface area contributed by atoms with Gasteiger partial charge >= 0.3 is 5.97 Å². The molecule has 0 unspecified atom stereocenters. The summed E-state index contributed by atoms with van der Waals surface area (Å²) in [5.74, 6) is -0.463. The first kappa shape index (κ1) is 8.01. The normalized spacial score (nSPS) is 8.33. The van der Waals surface area contributed by atoms with Crippen LogP contribution < -0.4 is 5.73 Å². The number of carbonyl (C=O) groups excluding carboxylic acids is 1. The molecule has 3 nitrogen and oxygen atoms in total. The predicted molar refractivity (Wildman–Crippen MR) is 34.6 cm³/mol. The summed E-state index contributed by atoms with van der Waals surface area (Å²) in [6, 6.07) is 0. The number of esters is 1. The number of hydrogen-bond donors (Lipinski definition) is 1. The van der Waals surface area contributed by atoms with Crippen LogP contribution in [0, 0.1) is 0 Å². The Morgan fingerprint density at radius 3 is 2.00 bits per heavy atom. The lowest BCUT2D eigenvalue weighted by atomic mass is 10.3. The molecule has 0 fully saturated rings. The second kappa shape index (κ2) is 3.12. The molecule has 0 saturated heterocycles. The molecule has 0 aliphatic rings. The van der Waals surface area contributed by atoms with Gasteiger partial charge in [-0.1, -0.05) is 0 Å². The standard InChI is InChI=1S/C6H11NO2/c1-4(2)5(7)6(8)9-3/h7H2,1-3H3. The van der Waals surface area contributed by atoms with Crippen molar-refractivity contribution in [1.82, 2.24) is 0 Å². The van der Waals surface area contributed by atoms with E-state index in [-0.39, 0.29) is 5.70 Å². The summed E-state index contributed by atoms with van der Waals surface area (Å²) in [6.45, 7) is 3.51. The van der Waals surface area contributed by atoms with Crippen molar-refractivity contribution in [3.63, 3.8) is 0 Å². The number of hydrogen-bond acceptors (Lipinski definition) is 3. The van der Waals surface area contributed by atoms with Gasteiger partial charge < -0.3 is 10.5 Å². The summed E-state index contributed by atoms with van der Waals surface area (Å²) in [5.41, 5.74) is 6.25. The minimum Gasteiger partial charge on any atom is -0.464 e. The van der Waals surface area contributed by atoms with Gasteiger partial charge in [0, 0.05) is 0 Å². The van der Waals surface area contributed by atoms with E-state index in [4.69, 9.17) is 5.73 Å². The average Bonchev–Trinajstić information content (AvgIpc) is 1.84. The molecule has 0 aromatic heterocycles. The minimum absolute atomic E-state index is 0.192. The molecule has 0 heterocycles. The molecule has 2 N–H and O–H groups in total. The van der Waals surface area contributed by atoms with Gasteiger partial charge in [0.1, 0.15) is 5.70 Å². The van der Waals surface area contributed by atoms with Gasteiger partial charge in [-0.15, -0.1) is 0 Å². The van der Waals surface area contributed by atoms with E-state index >= 15 is 0 Å². The summed E-state index contributed by atoms with van der Waals surface area (Å²) in [4.78, 5) is 10.5. The quantitative estimate of drug-likeness (QED) is 0.412. The zero-order valence-electron chi connectivity index (χ0n) is 5.89. The van der Waals surface area contributed by atoms with Crippen molar-refractivity contribution >= 4 is 5.97 Å². The molecule has 0 aromatic carbocycles. The Balaban J connectivity index is 4.21. The summed E-state index contributed by atoms with van der Waals surface area (Å²) in [6.07, 6.45) is 0. The Morgan fingerprint density at radius 2 is 1.89 bits per heavy atom. The highest BCUT2D eigenvalue weighted by Gasteiger charge is 2.03. The van der Waals surface area contributed by atoms with Crippen LogP contribution in [0.4, 0.5) is 0 Å². The van der Waals surface area contributed by atoms with Crippen LogP contribution in [0.15, 0.2) is 11.3 Å². The molecule has 0 aliphatic heterocycles. The highest BCUT2D eigenvalue weighted by atomic mass is 16.5. The van der Waals surface area contributed by atoms with Crippen LogP contribution in [0.1, 0.15) is 13.8 Å². The summed E-state index contributed by atoms with van der Waals surface area (Å²) in [5, 5.41) is 0. The van der Waals surface area contributed by atoms with Gasteiger partial charge in [-0.05, 0) is 19.4 Å². The molecule has 0 radical (unpaired) electrons. The van der Waals surface area contributed by atoms with E-state index in [1.54, 1.807) is 13.8 Å². The van der Waals surface area contributed by atoms with Crippen molar-refractivity contribution in [2.75, 3.05) is 7.11 Å². The number of ether oxygens (including phenoxy) is 1. The summed E-state index contributed by atoms with van der Waals surface area (Å²) >= 11 is 0. The van der Waals surface area contributed by atoms with Crippen molar-refractivity contribution in [1.29, 1.82) is 0 Å². The molecule has 9 heavy (non-hydrogen) atoms. The van der Waals surface area contributed by atoms with Crippen molar-refractivity contribution < 1.29 is 9.53 Å². The molecule has 52 valence electrons. The van der Waals surface area contributed by atoms with Gasteiger partial charge in [-0.25, -0.2) is 4.79 Å². The molecule has 0 bridgehead atoms. The smallest absolute Gasteiger partial charge is 0.353 e. The van der Waals surface area contributed by atoms with Gasteiger partial charge in [0.05, 0.1) is 7.11 Å². The van der Waals surface area contributed by atoms with E-state index < -0.39 is 5.97 Å². The van der Waals surface area contributed by atoms with Gasteiger partial charge in [0.15, 0.2) is 0 Å². The Morgan fingerprint density at radius 1 is 1.44 bits per heavy atom. The topological polar surface area (TPSA) is 52.3 Å². The third-order valence-electron chi connectivity index (χ3n) is 0.944. The lowest BCUT2D eigenvalue weighted by molar-refractivity contribution is -0.136. The fourth-order valence-electron chi connectivity index (χ4n) is 0.314. The average molecular weight is 129 g/mol.